The molecule has 1 saturated heterocycles. The molecule has 0 bridgehead atoms. The van der Waals surface area contributed by atoms with Gasteiger partial charge in [-0.1, -0.05) is 164 Å². The van der Waals surface area contributed by atoms with Crippen LogP contribution in [0.5, 0.6) is 0 Å². The van der Waals surface area contributed by atoms with E-state index in [1.807, 2.05) is 0 Å². The molecule has 314 valence electrons. The lowest BCUT2D eigenvalue weighted by Gasteiger charge is -2.20. The summed E-state index contributed by atoms with van der Waals surface area (Å²) in [5.41, 5.74) is 2.79. The van der Waals surface area contributed by atoms with Crippen molar-refractivity contribution in [3.63, 3.8) is 0 Å². The van der Waals surface area contributed by atoms with Crippen LogP contribution in [-0.4, -0.2) is 50.5 Å². The van der Waals surface area contributed by atoms with Gasteiger partial charge in [0.25, 0.3) is 0 Å². The highest BCUT2D eigenvalue weighted by Crippen LogP contribution is 2.15. The SMILES string of the molecule is CCCCCC=CCC=CCCCCCCCCOCC(COCCCCCCCCC=CCC=CCCCCC)NCc1cccc(CN2CCCC2)c1. The Morgan fingerprint density at radius 2 is 0.982 bits per heavy atom. The summed E-state index contributed by atoms with van der Waals surface area (Å²) in [4.78, 5) is 2.58. The van der Waals surface area contributed by atoms with Crippen molar-refractivity contribution in [1.29, 1.82) is 0 Å². The monoisotopic (exact) mass is 761 g/mol. The van der Waals surface area contributed by atoms with E-state index in [4.69, 9.17) is 9.47 Å². The second kappa shape index (κ2) is 38.9. The molecular weight excluding hydrogens is 673 g/mol. The normalized spacial score (nSPS) is 14.6. The average molecular weight is 761 g/mol. The van der Waals surface area contributed by atoms with E-state index in [0.717, 1.165) is 65.2 Å². The van der Waals surface area contributed by atoms with Gasteiger partial charge >= 0.3 is 0 Å². The van der Waals surface area contributed by atoms with E-state index < -0.39 is 0 Å². The second-order valence-electron chi connectivity index (χ2n) is 16.2. The van der Waals surface area contributed by atoms with Crippen LogP contribution in [0.3, 0.4) is 0 Å². The van der Waals surface area contributed by atoms with Crippen LogP contribution in [0.15, 0.2) is 72.9 Å². The number of unbranched alkanes of at least 4 members (excludes halogenated alkanes) is 18. The van der Waals surface area contributed by atoms with Gasteiger partial charge in [0, 0.05) is 26.3 Å². The van der Waals surface area contributed by atoms with E-state index in [9.17, 15) is 0 Å². The van der Waals surface area contributed by atoms with Gasteiger partial charge in [-0.2, -0.15) is 0 Å². The maximum Gasteiger partial charge on any atom is 0.0642 e. The Hall–Kier alpha value is -1.98. The molecule has 0 unspecified atom stereocenters. The molecular formula is C51H88N2O2. The Bertz CT molecular complexity index is 1020. The zero-order valence-electron chi connectivity index (χ0n) is 36.3. The fourth-order valence-corrected chi connectivity index (χ4v) is 7.30. The predicted molar refractivity (Wildman–Crippen MR) is 242 cm³/mol. The minimum Gasteiger partial charge on any atom is -0.380 e. The first-order valence-corrected chi connectivity index (χ1v) is 23.6. The first kappa shape index (κ1) is 49.2. The van der Waals surface area contributed by atoms with Crippen molar-refractivity contribution in [3.8, 4) is 0 Å². The summed E-state index contributed by atoms with van der Waals surface area (Å²) < 4.78 is 12.5. The Morgan fingerprint density at radius 1 is 0.545 bits per heavy atom. The summed E-state index contributed by atoms with van der Waals surface area (Å²) in [5, 5.41) is 3.79. The molecule has 1 aliphatic rings. The lowest BCUT2D eigenvalue weighted by Crippen LogP contribution is -2.37. The summed E-state index contributed by atoms with van der Waals surface area (Å²) in [7, 11) is 0. The molecule has 0 amide bonds. The molecule has 1 aromatic carbocycles. The van der Waals surface area contributed by atoms with Crippen molar-refractivity contribution >= 4 is 0 Å². The van der Waals surface area contributed by atoms with Gasteiger partial charge in [-0.25, -0.2) is 0 Å². The fourth-order valence-electron chi connectivity index (χ4n) is 7.30. The number of nitrogens with zero attached hydrogens (tertiary/aromatic N) is 1. The number of benzene rings is 1. The molecule has 2 rings (SSSR count). The van der Waals surface area contributed by atoms with Crippen molar-refractivity contribution < 1.29 is 9.47 Å². The van der Waals surface area contributed by atoms with Crippen molar-refractivity contribution in [1.82, 2.24) is 10.2 Å². The van der Waals surface area contributed by atoms with Gasteiger partial charge in [0.1, 0.15) is 0 Å². The van der Waals surface area contributed by atoms with Gasteiger partial charge in [-0.05, 0) is 114 Å². The van der Waals surface area contributed by atoms with Gasteiger partial charge in [-0.3, -0.25) is 4.90 Å². The fraction of sp³-hybridized carbons (Fsp3) is 0.725. The summed E-state index contributed by atoms with van der Waals surface area (Å²) >= 11 is 0. The third-order valence-electron chi connectivity index (χ3n) is 10.8. The summed E-state index contributed by atoms with van der Waals surface area (Å²) in [5.74, 6) is 0. The molecule has 0 atom stereocenters. The smallest absolute Gasteiger partial charge is 0.0642 e. The van der Waals surface area contributed by atoms with E-state index in [-0.39, 0.29) is 6.04 Å². The summed E-state index contributed by atoms with van der Waals surface area (Å²) in [6, 6.07) is 9.37. The van der Waals surface area contributed by atoms with E-state index in [1.54, 1.807) is 0 Å². The van der Waals surface area contributed by atoms with Crippen LogP contribution in [0.1, 0.15) is 192 Å². The molecule has 55 heavy (non-hydrogen) atoms. The van der Waals surface area contributed by atoms with Gasteiger partial charge in [0.15, 0.2) is 0 Å². The van der Waals surface area contributed by atoms with Gasteiger partial charge in [-0.15, -0.1) is 0 Å². The Morgan fingerprint density at radius 3 is 1.47 bits per heavy atom. The van der Waals surface area contributed by atoms with E-state index in [0.29, 0.717) is 0 Å². The molecule has 0 saturated carbocycles. The molecule has 0 spiro atoms. The number of rotatable bonds is 39. The number of allylic oxidation sites excluding steroid dienone is 8. The van der Waals surface area contributed by atoms with Crippen LogP contribution in [0.2, 0.25) is 0 Å². The zero-order valence-corrected chi connectivity index (χ0v) is 36.3. The number of likely N-dealkylation sites (tertiary alicyclic amines) is 1. The minimum absolute atomic E-state index is 0.219. The standard InChI is InChI=1S/C51H88N2O2/c1-3-5-7-9-11-13-15-17-19-21-23-25-27-29-31-35-42-54-47-51(52-45-49-38-37-39-50(44-49)46-53-40-33-34-41-53)48-55-43-36-32-30-28-26-24-22-20-18-16-14-12-10-8-6-4-2/h11-14,17-20,37-39,44,51-52H,3-10,15-16,21-36,40-43,45-48H2,1-2H3. The number of hydrogen-bond acceptors (Lipinski definition) is 4. The minimum atomic E-state index is 0.219. The Kier molecular flexibility index (Phi) is 34.8. The Labute approximate surface area is 342 Å². The molecule has 1 heterocycles. The van der Waals surface area contributed by atoms with Crippen molar-refractivity contribution in [2.45, 2.75) is 200 Å². The van der Waals surface area contributed by atoms with Crippen LogP contribution >= 0.6 is 0 Å². The number of nitrogens with one attached hydrogen (secondary N) is 1. The lowest BCUT2D eigenvalue weighted by atomic mass is 10.1. The number of ether oxygens (including phenoxy) is 2. The van der Waals surface area contributed by atoms with E-state index in [1.165, 1.54) is 165 Å². The topological polar surface area (TPSA) is 33.7 Å². The second-order valence-corrected chi connectivity index (χ2v) is 16.2. The van der Waals surface area contributed by atoms with E-state index in [2.05, 4.69) is 96.9 Å². The van der Waals surface area contributed by atoms with Gasteiger partial charge < -0.3 is 14.8 Å². The molecule has 0 aromatic heterocycles. The summed E-state index contributed by atoms with van der Waals surface area (Å²) in [6.45, 7) is 12.1. The Balaban J connectivity index is 1.56. The van der Waals surface area contributed by atoms with Gasteiger partial charge in [0.05, 0.1) is 19.3 Å². The molecule has 1 aromatic rings. The molecule has 1 N–H and O–H groups in total. The van der Waals surface area contributed by atoms with Crippen LogP contribution < -0.4 is 5.32 Å². The molecule has 1 fully saturated rings. The van der Waals surface area contributed by atoms with E-state index >= 15 is 0 Å². The van der Waals surface area contributed by atoms with Crippen LogP contribution in [-0.2, 0) is 22.6 Å². The third kappa shape index (κ3) is 31.8. The van der Waals surface area contributed by atoms with Crippen LogP contribution in [0, 0.1) is 0 Å². The largest absolute Gasteiger partial charge is 0.380 e. The summed E-state index contributed by atoms with van der Waals surface area (Å²) in [6.07, 6.45) is 52.1. The number of hydrogen-bond donors (Lipinski definition) is 1. The molecule has 0 aliphatic carbocycles. The van der Waals surface area contributed by atoms with Crippen LogP contribution in [0.25, 0.3) is 0 Å². The maximum absolute atomic E-state index is 6.23. The third-order valence-corrected chi connectivity index (χ3v) is 10.8. The van der Waals surface area contributed by atoms with Gasteiger partial charge in [0.2, 0.25) is 0 Å². The van der Waals surface area contributed by atoms with Crippen molar-refractivity contribution in [2.75, 3.05) is 39.5 Å². The van der Waals surface area contributed by atoms with Crippen molar-refractivity contribution in [3.05, 3.63) is 84.0 Å². The highest BCUT2D eigenvalue weighted by molar-refractivity contribution is 5.23. The average Bonchev–Trinajstić information content (AvgIpc) is 3.72. The lowest BCUT2D eigenvalue weighted by molar-refractivity contribution is 0.0523. The molecule has 0 radical (unpaired) electrons. The highest BCUT2D eigenvalue weighted by atomic mass is 16.5. The molecule has 1 aliphatic heterocycles. The zero-order chi connectivity index (χ0) is 39.0. The predicted octanol–water partition coefficient (Wildman–Crippen LogP) is 14.4. The quantitative estimate of drug-likeness (QED) is 0.0535. The maximum atomic E-state index is 6.23. The van der Waals surface area contributed by atoms with Crippen molar-refractivity contribution in [2.24, 2.45) is 0 Å². The van der Waals surface area contributed by atoms with Crippen LogP contribution in [0.4, 0.5) is 0 Å². The molecule has 4 nitrogen and oxygen atoms in total. The molecule has 4 heteroatoms. The first-order valence-electron chi connectivity index (χ1n) is 23.6. The highest BCUT2D eigenvalue weighted by Gasteiger charge is 2.13. The first-order chi connectivity index (χ1) is 27.3.